The fourth-order valence-electron chi connectivity index (χ4n) is 2.52. The van der Waals surface area contributed by atoms with Gasteiger partial charge in [-0.3, -0.25) is 9.88 Å². The minimum atomic E-state index is -0.456. The van der Waals surface area contributed by atoms with E-state index in [1.807, 2.05) is 0 Å². The zero-order chi connectivity index (χ0) is 13.2. The van der Waals surface area contributed by atoms with Crippen molar-refractivity contribution >= 4 is 11.8 Å². The van der Waals surface area contributed by atoms with Crippen LogP contribution in [0.1, 0.15) is 29.8 Å². The van der Waals surface area contributed by atoms with E-state index in [-0.39, 0.29) is 5.69 Å². The maximum Gasteiger partial charge on any atom is 0.358 e. The lowest BCUT2D eigenvalue weighted by Gasteiger charge is -2.16. The van der Waals surface area contributed by atoms with Crippen molar-refractivity contribution < 1.29 is 9.53 Å². The number of aromatic nitrogens is 2. The Kier molecular flexibility index (Phi) is 3.33. The molecule has 1 saturated carbocycles. The molecular weight excluding hydrogens is 244 g/mol. The first-order valence-electron chi connectivity index (χ1n) is 6.67. The normalized spacial score (nSPS) is 23.3. The van der Waals surface area contributed by atoms with Gasteiger partial charge in [-0.2, -0.15) is 0 Å². The predicted octanol–water partition coefficient (Wildman–Crippen LogP) is 0.912. The molecule has 1 aliphatic heterocycles. The first kappa shape index (κ1) is 12.3. The molecule has 2 aliphatic rings. The Morgan fingerprint density at radius 3 is 3.00 bits per heavy atom. The molecule has 2 heterocycles. The fourth-order valence-corrected chi connectivity index (χ4v) is 2.52. The molecule has 2 fully saturated rings. The largest absolute Gasteiger partial charge is 0.464 e. The number of likely N-dealkylation sites (tertiary alicyclic amines) is 1. The van der Waals surface area contributed by atoms with Crippen molar-refractivity contribution in [2.45, 2.75) is 31.3 Å². The van der Waals surface area contributed by atoms with E-state index in [0.29, 0.717) is 11.9 Å². The standard InChI is InChI=1S/C13H18N4O2/c1-19-13(18)11-6-14-7-12(16-11)15-9-4-5-17(8-9)10-2-3-10/h6-7,9-10H,2-5,8H2,1H3,(H,15,16). The highest BCUT2D eigenvalue weighted by molar-refractivity contribution is 5.87. The van der Waals surface area contributed by atoms with Crippen LogP contribution in [0.25, 0.3) is 0 Å². The van der Waals surface area contributed by atoms with Gasteiger partial charge in [0.15, 0.2) is 5.69 Å². The third-order valence-corrected chi connectivity index (χ3v) is 3.66. The number of carbonyl (C=O) groups excluding carboxylic acids is 1. The zero-order valence-electron chi connectivity index (χ0n) is 11.0. The Hall–Kier alpha value is -1.69. The Labute approximate surface area is 112 Å². The molecule has 102 valence electrons. The number of methoxy groups -OCH3 is 1. The molecular formula is C13H18N4O2. The maximum absolute atomic E-state index is 11.4. The molecule has 0 spiro atoms. The van der Waals surface area contributed by atoms with E-state index in [4.69, 9.17) is 0 Å². The van der Waals surface area contributed by atoms with Crippen molar-refractivity contribution in [2.24, 2.45) is 0 Å². The van der Waals surface area contributed by atoms with E-state index >= 15 is 0 Å². The monoisotopic (exact) mass is 262 g/mol. The highest BCUT2D eigenvalue weighted by Gasteiger charge is 2.34. The maximum atomic E-state index is 11.4. The van der Waals surface area contributed by atoms with Crippen molar-refractivity contribution in [1.82, 2.24) is 14.9 Å². The Morgan fingerprint density at radius 1 is 1.42 bits per heavy atom. The zero-order valence-corrected chi connectivity index (χ0v) is 11.0. The molecule has 1 aromatic heterocycles. The average Bonchev–Trinajstić information content (AvgIpc) is 3.19. The summed E-state index contributed by atoms with van der Waals surface area (Å²) in [6.07, 6.45) is 6.85. The molecule has 3 rings (SSSR count). The van der Waals surface area contributed by atoms with Crippen LogP contribution in [0, 0.1) is 0 Å². The Balaban J connectivity index is 1.61. The van der Waals surface area contributed by atoms with E-state index < -0.39 is 5.97 Å². The summed E-state index contributed by atoms with van der Waals surface area (Å²) < 4.78 is 4.64. The van der Waals surface area contributed by atoms with Crippen LogP contribution >= 0.6 is 0 Å². The lowest BCUT2D eigenvalue weighted by atomic mass is 10.2. The molecule has 0 aromatic carbocycles. The van der Waals surface area contributed by atoms with E-state index in [1.165, 1.54) is 26.1 Å². The SMILES string of the molecule is COC(=O)c1cncc(NC2CCN(C3CC3)C2)n1. The molecule has 0 amide bonds. The number of nitrogens with one attached hydrogen (secondary N) is 1. The Morgan fingerprint density at radius 2 is 2.26 bits per heavy atom. The summed E-state index contributed by atoms with van der Waals surface area (Å²) in [5, 5.41) is 3.35. The van der Waals surface area contributed by atoms with Gasteiger partial charge in [-0.15, -0.1) is 0 Å². The average molecular weight is 262 g/mol. The third-order valence-electron chi connectivity index (χ3n) is 3.66. The number of esters is 1. The van der Waals surface area contributed by atoms with Gasteiger partial charge in [-0.25, -0.2) is 9.78 Å². The topological polar surface area (TPSA) is 67.3 Å². The molecule has 1 unspecified atom stereocenters. The second kappa shape index (κ2) is 5.13. The summed E-state index contributed by atoms with van der Waals surface area (Å²) in [7, 11) is 1.34. The van der Waals surface area contributed by atoms with Gasteiger partial charge in [-0.1, -0.05) is 0 Å². The fraction of sp³-hybridized carbons (Fsp3) is 0.615. The molecule has 6 heteroatoms. The van der Waals surface area contributed by atoms with Crippen molar-refractivity contribution in [3.05, 3.63) is 18.1 Å². The highest BCUT2D eigenvalue weighted by atomic mass is 16.5. The summed E-state index contributed by atoms with van der Waals surface area (Å²) in [5.41, 5.74) is 0.240. The first-order valence-corrected chi connectivity index (χ1v) is 6.67. The van der Waals surface area contributed by atoms with Gasteiger partial charge in [0.25, 0.3) is 0 Å². The van der Waals surface area contributed by atoms with Gasteiger partial charge in [0.05, 0.1) is 19.5 Å². The number of carbonyl (C=O) groups is 1. The van der Waals surface area contributed by atoms with Gasteiger partial charge in [0.1, 0.15) is 5.82 Å². The van der Waals surface area contributed by atoms with E-state index in [0.717, 1.165) is 25.6 Å². The molecule has 1 aromatic rings. The van der Waals surface area contributed by atoms with Crippen LogP contribution in [-0.4, -0.2) is 53.1 Å². The third kappa shape index (κ3) is 2.84. The molecule has 19 heavy (non-hydrogen) atoms. The summed E-state index contributed by atoms with van der Waals surface area (Å²) in [4.78, 5) is 22.2. The van der Waals surface area contributed by atoms with Crippen LogP contribution in [0.5, 0.6) is 0 Å². The molecule has 1 atom stereocenters. The molecule has 1 N–H and O–H groups in total. The van der Waals surface area contributed by atoms with E-state index in [9.17, 15) is 4.79 Å². The number of ether oxygens (including phenoxy) is 1. The van der Waals surface area contributed by atoms with Crippen LogP contribution in [0.4, 0.5) is 5.82 Å². The van der Waals surface area contributed by atoms with E-state index in [1.54, 1.807) is 6.20 Å². The van der Waals surface area contributed by atoms with Gasteiger partial charge in [-0.05, 0) is 19.3 Å². The first-order chi connectivity index (χ1) is 9.26. The lowest BCUT2D eigenvalue weighted by Crippen LogP contribution is -2.28. The summed E-state index contributed by atoms with van der Waals surface area (Å²) in [6, 6.07) is 1.20. The van der Waals surface area contributed by atoms with Crippen LogP contribution in [0.2, 0.25) is 0 Å². The molecule has 1 saturated heterocycles. The smallest absolute Gasteiger partial charge is 0.358 e. The number of hydrogen-bond donors (Lipinski definition) is 1. The number of anilines is 1. The Bertz CT molecular complexity index is 475. The molecule has 6 nitrogen and oxygen atoms in total. The lowest BCUT2D eigenvalue weighted by molar-refractivity contribution is 0.0593. The minimum absolute atomic E-state index is 0.240. The predicted molar refractivity (Wildman–Crippen MR) is 70.0 cm³/mol. The van der Waals surface area contributed by atoms with Crippen molar-refractivity contribution in [2.75, 3.05) is 25.5 Å². The second-order valence-corrected chi connectivity index (χ2v) is 5.14. The van der Waals surface area contributed by atoms with Crippen LogP contribution in [-0.2, 0) is 4.74 Å². The summed E-state index contributed by atoms with van der Waals surface area (Å²) in [6.45, 7) is 2.20. The molecule has 0 radical (unpaired) electrons. The highest BCUT2D eigenvalue weighted by Crippen LogP contribution is 2.30. The van der Waals surface area contributed by atoms with Crippen LogP contribution in [0.3, 0.4) is 0 Å². The second-order valence-electron chi connectivity index (χ2n) is 5.14. The number of hydrogen-bond acceptors (Lipinski definition) is 6. The van der Waals surface area contributed by atoms with Crippen molar-refractivity contribution in [3.8, 4) is 0 Å². The van der Waals surface area contributed by atoms with Crippen molar-refractivity contribution in [3.63, 3.8) is 0 Å². The van der Waals surface area contributed by atoms with Gasteiger partial charge < -0.3 is 10.1 Å². The number of nitrogens with zero attached hydrogens (tertiary/aromatic N) is 3. The summed E-state index contributed by atoms with van der Waals surface area (Å²) >= 11 is 0. The minimum Gasteiger partial charge on any atom is -0.464 e. The van der Waals surface area contributed by atoms with Crippen molar-refractivity contribution in [1.29, 1.82) is 0 Å². The van der Waals surface area contributed by atoms with Crippen LogP contribution < -0.4 is 5.32 Å². The summed E-state index contributed by atoms with van der Waals surface area (Å²) in [5.74, 6) is 0.188. The molecule has 1 aliphatic carbocycles. The van der Waals surface area contributed by atoms with E-state index in [2.05, 4.69) is 24.9 Å². The van der Waals surface area contributed by atoms with Gasteiger partial charge in [0.2, 0.25) is 0 Å². The number of rotatable bonds is 4. The van der Waals surface area contributed by atoms with Gasteiger partial charge in [0, 0.05) is 25.2 Å². The quantitative estimate of drug-likeness (QED) is 0.814. The molecule has 0 bridgehead atoms. The van der Waals surface area contributed by atoms with Crippen LogP contribution in [0.15, 0.2) is 12.4 Å². The van der Waals surface area contributed by atoms with Gasteiger partial charge >= 0.3 is 5.97 Å².